The van der Waals surface area contributed by atoms with Crippen LogP contribution in [0.5, 0.6) is 0 Å². The van der Waals surface area contributed by atoms with Crippen molar-refractivity contribution in [2.75, 3.05) is 26.2 Å². The van der Waals surface area contributed by atoms with Gasteiger partial charge in [-0.15, -0.1) is 0 Å². The maximum absolute atomic E-state index is 11.8. The highest BCUT2D eigenvalue weighted by atomic mass is 16.2. The van der Waals surface area contributed by atoms with Gasteiger partial charge in [-0.25, -0.2) is 0 Å². The molecule has 0 radical (unpaired) electrons. The van der Waals surface area contributed by atoms with E-state index in [0.29, 0.717) is 12.3 Å². The van der Waals surface area contributed by atoms with Gasteiger partial charge >= 0.3 is 0 Å². The fourth-order valence-corrected chi connectivity index (χ4v) is 2.04. The molecular weight excluding hydrogens is 200 g/mol. The van der Waals surface area contributed by atoms with Crippen molar-refractivity contribution in [1.29, 1.82) is 0 Å². The summed E-state index contributed by atoms with van der Waals surface area (Å²) in [6, 6.07) is 0. The van der Waals surface area contributed by atoms with Crippen LogP contribution in [0.4, 0.5) is 0 Å². The van der Waals surface area contributed by atoms with Gasteiger partial charge in [0.15, 0.2) is 0 Å². The highest BCUT2D eigenvalue weighted by molar-refractivity contribution is 5.76. The molecule has 94 valence electrons. The van der Waals surface area contributed by atoms with Crippen LogP contribution in [0.3, 0.4) is 0 Å². The van der Waals surface area contributed by atoms with Crippen LogP contribution in [0.2, 0.25) is 0 Å². The zero-order chi connectivity index (χ0) is 11.8. The Morgan fingerprint density at radius 2 is 2.00 bits per heavy atom. The van der Waals surface area contributed by atoms with Gasteiger partial charge in [0.05, 0.1) is 0 Å². The summed E-state index contributed by atoms with van der Waals surface area (Å²) in [5.41, 5.74) is 0. The number of carbonyl (C=O) groups is 1. The standard InChI is InChI=1S/C13H26N2O/c1-3-4-8-14-9-5-13(16)15-10-6-12(2)7-11-15/h12,14H,3-11H2,1-2H3. The molecule has 1 aliphatic rings. The van der Waals surface area contributed by atoms with Crippen molar-refractivity contribution < 1.29 is 4.79 Å². The van der Waals surface area contributed by atoms with Crippen LogP contribution in [-0.2, 0) is 4.79 Å². The zero-order valence-electron chi connectivity index (χ0n) is 10.8. The summed E-state index contributed by atoms with van der Waals surface area (Å²) < 4.78 is 0. The predicted octanol–water partition coefficient (Wildman–Crippen LogP) is 2.02. The first-order chi connectivity index (χ1) is 7.74. The lowest BCUT2D eigenvalue weighted by molar-refractivity contribution is -0.132. The molecule has 0 aromatic carbocycles. The first-order valence-corrected chi connectivity index (χ1v) is 6.72. The van der Waals surface area contributed by atoms with Gasteiger partial charge in [0.1, 0.15) is 0 Å². The van der Waals surface area contributed by atoms with Gasteiger partial charge < -0.3 is 10.2 Å². The van der Waals surface area contributed by atoms with Gasteiger partial charge in [-0.05, 0) is 31.7 Å². The number of amides is 1. The fourth-order valence-electron chi connectivity index (χ4n) is 2.04. The molecule has 1 N–H and O–H groups in total. The maximum atomic E-state index is 11.8. The van der Waals surface area contributed by atoms with Gasteiger partial charge in [-0.1, -0.05) is 20.3 Å². The second-order valence-electron chi connectivity index (χ2n) is 4.92. The van der Waals surface area contributed by atoms with E-state index in [1.54, 1.807) is 0 Å². The summed E-state index contributed by atoms with van der Waals surface area (Å²) >= 11 is 0. The number of carbonyl (C=O) groups excluding carboxylic acids is 1. The number of nitrogens with zero attached hydrogens (tertiary/aromatic N) is 1. The Kier molecular flexibility index (Phi) is 6.46. The molecule has 0 saturated carbocycles. The molecule has 0 spiro atoms. The second-order valence-corrected chi connectivity index (χ2v) is 4.92. The minimum Gasteiger partial charge on any atom is -0.343 e. The smallest absolute Gasteiger partial charge is 0.223 e. The van der Waals surface area contributed by atoms with E-state index in [1.165, 1.54) is 25.7 Å². The Morgan fingerprint density at radius 1 is 1.31 bits per heavy atom. The second kappa shape index (κ2) is 7.66. The Bertz CT molecular complexity index is 198. The van der Waals surface area contributed by atoms with Crippen LogP contribution < -0.4 is 5.32 Å². The van der Waals surface area contributed by atoms with E-state index in [2.05, 4.69) is 19.2 Å². The molecule has 3 heteroatoms. The molecule has 16 heavy (non-hydrogen) atoms. The molecule has 0 aromatic rings. The average molecular weight is 226 g/mol. The van der Waals surface area contributed by atoms with E-state index in [9.17, 15) is 4.79 Å². The number of nitrogens with one attached hydrogen (secondary N) is 1. The minimum absolute atomic E-state index is 0.330. The Morgan fingerprint density at radius 3 is 2.62 bits per heavy atom. The van der Waals surface area contributed by atoms with Crippen LogP contribution in [0.25, 0.3) is 0 Å². The topological polar surface area (TPSA) is 32.3 Å². The van der Waals surface area contributed by atoms with E-state index < -0.39 is 0 Å². The van der Waals surface area contributed by atoms with Gasteiger partial charge in [0.25, 0.3) is 0 Å². The van der Waals surface area contributed by atoms with Gasteiger partial charge in [0.2, 0.25) is 5.91 Å². The molecule has 1 saturated heterocycles. The van der Waals surface area contributed by atoms with Crippen molar-refractivity contribution in [3.8, 4) is 0 Å². The van der Waals surface area contributed by atoms with Crippen molar-refractivity contribution in [3.05, 3.63) is 0 Å². The molecule has 1 amide bonds. The molecule has 1 heterocycles. The maximum Gasteiger partial charge on any atom is 0.223 e. The summed E-state index contributed by atoms with van der Waals surface area (Å²) in [6.07, 6.45) is 5.43. The monoisotopic (exact) mass is 226 g/mol. The van der Waals surface area contributed by atoms with E-state index >= 15 is 0 Å². The van der Waals surface area contributed by atoms with Crippen LogP contribution >= 0.6 is 0 Å². The summed E-state index contributed by atoms with van der Waals surface area (Å²) in [5, 5.41) is 3.32. The third-order valence-corrected chi connectivity index (χ3v) is 3.36. The number of rotatable bonds is 6. The van der Waals surface area contributed by atoms with Crippen molar-refractivity contribution in [3.63, 3.8) is 0 Å². The molecule has 1 rings (SSSR count). The third kappa shape index (κ3) is 4.97. The van der Waals surface area contributed by atoms with E-state index in [4.69, 9.17) is 0 Å². The van der Waals surface area contributed by atoms with E-state index in [-0.39, 0.29) is 0 Å². The SMILES string of the molecule is CCCCNCCC(=O)N1CCC(C)CC1. The highest BCUT2D eigenvalue weighted by Crippen LogP contribution is 2.16. The van der Waals surface area contributed by atoms with Gasteiger partial charge in [-0.2, -0.15) is 0 Å². The molecule has 0 aromatic heterocycles. The third-order valence-electron chi connectivity index (χ3n) is 3.36. The molecule has 0 atom stereocenters. The predicted molar refractivity (Wildman–Crippen MR) is 67.4 cm³/mol. The van der Waals surface area contributed by atoms with Crippen LogP contribution in [-0.4, -0.2) is 37.0 Å². The number of hydrogen-bond donors (Lipinski definition) is 1. The number of likely N-dealkylation sites (tertiary alicyclic amines) is 1. The van der Waals surface area contributed by atoms with Crippen LogP contribution in [0, 0.1) is 5.92 Å². The number of unbranched alkanes of at least 4 members (excludes halogenated alkanes) is 1. The zero-order valence-corrected chi connectivity index (χ0v) is 10.8. The van der Waals surface area contributed by atoms with Crippen LogP contribution in [0.1, 0.15) is 46.0 Å². The highest BCUT2D eigenvalue weighted by Gasteiger charge is 2.19. The van der Waals surface area contributed by atoms with Crippen LogP contribution in [0.15, 0.2) is 0 Å². The van der Waals surface area contributed by atoms with E-state index in [1.807, 2.05) is 4.90 Å². The molecule has 3 nitrogen and oxygen atoms in total. The molecular formula is C13H26N2O. The van der Waals surface area contributed by atoms with Gasteiger partial charge in [0, 0.05) is 26.1 Å². The molecule has 0 aliphatic carbocycles. The van der Waals surface area contributed by atoms with Crippen molar-refractivity contribution in [2.45, 2.75) is 46.0 Å². The molecule has 1 fully saturated rings. The molecule has 0 unspecified atom stereocenters. The lowest BCUT2D eigenvalue weighted by Crippen LogP contribution is -2.39. The lowest BCUT2D eigenvalue weighted by Gasteiger charge is -2.30. The van der Waals surface area contributed by atoms with E-state index in [0.717, 1.165) is 32.1 Å². The van der Waals surface area contributed by atoms with Gasteiger partial charge in [-0.3, -0.25) is 4.79 Å². The Labute approximate surface area is 99.6 Å². The number of piperidine rings is 1. The average Bonchev–Trinajstić information content (AvgIpc) is 2.29. The first kappa shape index (κ1) is 13.5. The first-order valence-electron chi connectivity index (χ1n) is 6.72. The fraction of sp³-hybridized carbons (Fsp3) is 0.923. The molecule has 1 aliphatic heterocycles. The largest absolute Gasteiger partial charge is 0.343 e. The summed E-state index contributed by atoms with van der Waals surface area (Å²) in [4.78, 5) is 13.9. The summed E-state index contributed by atoms with van der Waals surface area (Å²) in [5.74, 6) is 1.13. The lowest BCUT2D eigenvalue weighted by atomic mass is 9.99. The van der Waals surface area contributed by atoms with Crippen molar-refractivity contribution in [2.24, 2.45) is 5.92 Å². The van der Waals surface area contributed by atoms with Crippen molar-refractivity contribution in [1.82, 2.24) is 10.2 Å². The van der Waals surface area contributed by atoms with Crippen molar-refractivity contribution >= 4 is 5.91 Å². The number of hydrogen-bond acceptors (Lipinski definition) is 2. The summed E-state index contributed by atoms with van der Waals surface area (Å²) in [7, 11) is 0. The summed E-state index contributed by atoms with van der Waals surface area (Å²) in [6.45, 7) is 8.27. The normalized spacial score (nSPS) is 17.8. The minimum atomic E-state index is 0.330. The Hall–Kier alpha value is -0.570. The Balaban J connectivity index is 2.06. The quantitative estimate of drug-likeness (QED) is 0.703. The molecule has 0 bridgehead atoms.